The molecule has 1 amide bonds. The van der Waals surface area contributed by atoms with E-state index in [4.69, 9.17) is 9.47 Å². The summed E-state index contributed by atoms with van der Waals surface area (Å²) in [6.45, 7) is 4.19. The Hall–Kier alpha value is -1.46. The van der Waals surface area contributed by atoms with E-state index in [1.165, 1.54) is 12.1 Å². The molecule has 1 aliphatic rings. The zero-order valence-corrected chi connectivity index (χ0v) is 11.9. The molecule has 0 aliphatic carbocycles. The van der Waals surface area contributed by atoms with E-state index in [0.29, 0.717) is 37.4 Å². The van der Waals surface area contributed by atoms with Gasteiger partial charge in [-0.2, -0.15) is 0 Å². The number of hydrogen-bond acceptors (Lipinski definition) is 3. The van der Waals surface area contributed by atoms with Gasteiger partial charge in [-0.25, -0.2) is 4.39 Å². The fourth-order valence-electron chi connectivity index (χ4n) is 2.12. The molecule has 0 bridgehead atoms. The van der Waals surface area contributed by atoms with Crippen LogP contribution in [0.5, 0.6) is 0 Å². The molecular weight excluding hydrogens is 261 g/mol. The van der Waals surface area contributed by atoms with Gasteiger partial charge in [-0.05, 0) is 37.1 Å². The molecule has 0 spiro atoms. The molecule has 1 fully saturated rings. The van der Waals surface area contributed by atoms with Crippen molar-refractivity contribution >= 4 is 5.91 Å². The maximum atomic E-state index is 13.2. The van der Waals surface area contributed by atoms with Crippen molar-refractivity contribution in [2.24, 2.45) is 0 Å². The number of benzene rings is 1. The van der Waals surface area contributed by atoms with Gasteiger partial charge in [0.2, 0.25) is 0 Å². The topological polar surface area (TPSA) is 38.8 Å². The van der Waals surface area contributed by atoms with Crippen LogP contribution in [0.4, 0.5) is 4.39 Å². The molecule has 0 saturated carbocycles. The van der Waals surface area contributed by atoms with Crippen LogP contribution in [-0.4, -0.2) is 50.3 Å². The van der Waals surface area contributed by atoms with Gasteiger partial charge in [-0.1, -0.05) is 0 Å². The first-order valence-electron chi connectivity index (χ1n) is 6.77. The molecule has 1 aromatic carbocycles. The van der Waals surface area contributed by atoms with Crippen molar-refractivity contribution in [1.82, 2.24) is 4.90 Å². The van der Waals surface area contributed by atoms with Gasteiger partial charge in [0.25, 0.3) is 5.91 Å². The Morgan fingerprint density at radius 3 is 2.80 bits per heavy atom. The highest BCUT2D eigenvalue weighted by Gasteiger charge is 2.31. The van der Waals surface area contributed by atoms with Gasteiger partial charge < -0.3 is 14.4 Å². The number of carbonyl (C=O) groups is 1. The quantitative estimate of drug-likeness (QED) is 0.749. The van der Waals surface area contributed by atoms with Crippen molar-refractivity contribution in [3.05, 3.63) is 35.1 Å². The van der Waals surface area contributed by atoms with Gasteiger partial charge >= 0.3 is 0 Å². The molecule has 1 heterocycles. The van der Waals surface area contributed by atoms with Crippen molar-refractivity contribution in [3.8, 4) is 0 Å². The van der Waals surface area contributed by atoms with Crippen LogP contribution in [0.3, 0.4) is 0 Å². The first kappa shape index (κ1) is 14.9. The van der Waals surface area contributed by atoms with Crippen LogP contribution in [-0.2, 0) is 9.47 Å². The third-order valence-corrected chi connectivity index (χ3v) is 3.39. The highest BCUT2D eigenvalue weighted by atomic mass is 19.1. The van der Waals surface area contributed by atoms with Crippen molar-refractivity contribution in [2.75, 3.05) is 33.4 Å². The molecule has 1 saturated heterocycles. The van der Waals surface area contributed by atoms with Gasteiger partial charge in [0.05, 0.1) is 6.10 Å². The summed E-state index contributed by atoms with van der Waals surface area (Å²) in [4.78, 5) is 13.9. The van der Waals surface area contributed by atoms with E-state index < -0.39 is 0 Å². The first-order chi connectivity index (χ1) is 9.61. The Labute approximate surface area is 118 Å². The average Bonchev–Trinajstić information content (AvgIpc) is 2.39. The number of nitrogens with zero attached hydrogens (tertiary/aromatic N) is 1. The summed E-state index contributed by atoms with van der Waals surface area (Å²) in [5, 5.41) is 0. The minimum atomic E-state index is -0.287. The lowest BCUT2D eigenvalue weighted by Crippen LogP contribution is -2.54. The molecule has 0 radical (unpaired) electrons. The second-order valence-corrected chi connectivity index (χ2v) is 5.01. The number of halogens is 1. The third kappa shape index (κ3) is 3.55. The lowest BCUT2D eigenvalue weighted by molar-refractivity contribution is -0.0464. The van der Waals surface area contributed by atoms with Crippen molar-refractivity contribution in [2.45, 2.75) is 19.4 Å². The van der Waals surface area contributed by atoms with Gasteiger partial charge in [0.1, 0.15) is 5.82 Å². The van der Waals surface area contributed by atoms with Crippen LogP contribution >= 0.6 is 0 Å². The van der Waals surface area contributed by atoms with Crippen molar-refractivity contribution in [1.29, 1.82) is 0 Å². The molecule has 5 heteroatoms. The normalized spacial score (nSPS) is 15.2. The number of hydrogen-bond donors (Lipinski definition) is 0. The lowest BCUT2D eigenvalue weighted by atomic mass is 10.1. The molecular formula is C15H20FNO3. The third-order valence-electron chi connectivity index (χ3n) is 3.39. The highest BCUT2D eigenvalue weighted by molar-refractivity contribution is 5.95. The molecule has 110 valence electrons. The molecule has 20 heavy (non-hydrogen) atoms. The fraction of sp³-hybridized carbons (Fsp3) is 0.533. The molecule has 1 aromatic rings. The molecule has 1 aliphatic heterocycles. The van der Waals surface area contributed by atoms with E-state index in [0.717, 1.165) is 6.42 Å². The number of ether oxygens (including phenoxy) is 2. The maximum Gasteiger partial charge on any atom is 0.254 e. The maximum absolute atomic E-state index is 13.2. The zero-order valence-electron chi connectivity index (χ0n) is 11.9. The summed E-state index contributed by atoms with van der Waals surface area (Å²) in [7, 11) is 1.66. The van der Waals surface area contributed by atoms with Crippen molar-refractivity contribution < 1.29 is 18.7 Å². The molecule has 0 N–H and O–H groups in total. The van der Waals surface area contributed by atoms with Gasteiger partial charge in [-0.15, -0.1) is 0 Å². The second-order valence-electron chi connectivity index (χ2n) is 5.01. The lowest BCUT2D eigenvalue weighted by Gasteiger charge is -2.39. The van der Waals surface area contributed by atoms with E-state index >= 15 is 0 Å². The monoisotopic (exact) mass is 281 g/mol. The number of carbonyl (C=O) groups excluding carboxylic acids is 1. The molecule has 4 nitrogen and oxygen atoms in total. The Balaban J connectivity index is 1.77. The predicted octanol–water partition coefficient (Wildman–Crippen LogP) is 2.01. The standard InChI is InChI=1S/C15H20FNO3/c1-11-8-12(4-5-14(11)16)15(18)17-9-13(10-17)20-7-3-6-19-2/h4-5,8,13H,3,6-7,9-10H2,1-2H3. The number of likely N-dealkylation sites (tertiary alicyclic amines) is 1. The number of rotatable bonds is 6. The van der Waals surface area contributed by atoms with E-state index in [1.54, 1.807) is 25.0 Å². The summed E-state index contributed by atoms with van der Waals surface area (Å²) in [5.74, 6) is -0.352. The second kappa shape index (κ2) is 6.81. The fourth-order valence-corrected chi connectivity index (χ4v) is 2.12. The Morgan fingerprint density at radius 2 is 2.15 bits per heavy atom. The highest BCUT2D eigenvalue weighted by Crippen LogP contribution is 2.18. The van der Waals surface area contributed by atoms with Crippen LogP contribution in [0, 0.1) is 12.7 Å². The SMILES string of the molecule is COCCCOC1CN(C(=O)c2ccc(F)c(C)c2)C1. The Morgan fingerprint density at radius 1 is 1.40 bits per heavy atom. The predicted molar refractivity (Wildman–Crippen MR) is 73.3 cm³/mol. The minimum absolute atomic E-state index is 0.0650. The molecule has 0 unspecified atom stereocenters. The van der Waals surface area contributed by atoms with E-state index in [1.807, 2.05) is 0 Å². The van der Waals surface area contributed by atoms with Crippen LogP contribution in [0.15, 0.2) is 18.2 Å². The summed E-state index contributed by atoms with van der Waals surface area (Å²) in [6, 6.07) is 4.45. The largest absolute Gasteiger partial charge is 0.385 e. The number of aryl methyl sites for hydroxylation is 1. The number of methoxy groups -OCH3 is 1. The van der Waals surface area contributed by atoms with Gasteiger partial charge in [0.15, 0.2) is 0 Å². The van der Waals surface area contributed by atoms with Crippen LogP contribution in [0.1, 0.15) is 22.3 Å². The summed E-state index contributed by atoms with van der Waals surface area (Å²) < 4.78 is 23.7. The number of amides is 1. The summed E-state index contributed by atoms with van der Waals surface area (Å²) >= 11 is 0. The zero-order chi connectivity index (χ0) is 14.5. The van der Waals surface area contributed by atoms with Crippen LogP contribution in [0.25, 0.3) is 0 Å². The minimum Gasteiger partial charge on any atom is -0.385 e. The molecule has 2 rings (SSSR count). The van der Waals surface area contributed by atoms with Crippen LogP contribution < -0.4 is 0 Å². The first-order valence-corrected chi connectivity index (χ1v) is 6.77. The Kier molecular flexibility index (Phi) is 5.09. The van der Waals surface area contributed by atoms with Gasteiger partial charge in [-0.3, -0.25) is 4.79 Å². The van der Waals surface area contributed by atoms with E-state index in [-0.39, 0.29) is 17.8 Å². The molecule has 0 aromatic heterocycles. The average molecular weight is 281 g/mol. The summed E-state index contributed by atoms with van der Waals surface area (Å²) in [6.07, 6.45) is 0.968. The molecule has 0 atom stereocenters. The van der Waals surface area contributed by atoms with E-state index in [2.05, 4.69) is 0 Å². The smallest absolute Gasteiger partial charge is 0.254 e. The van der Waals surface area contributed by atoms with E-state index in [9.17, 15) is 9.18 Å². The Bertz CT molecular complexity index is 472. The summed E-state index contributed by atoms with van der Waals surface area (Å²) in [5.41, 5.74) is 1.02. The van der Waals surface area contributed by atoms with Gasteiger partial charge in [0, 0.05) is 39.0 Å². The van der Waals surface area contributed by atoms with Crippen LogP contribution in [0.2, 0.25) is 0 Å². The van der Waals surface area contributed by atoms with Crippen molar-refractivity contribution in [3.63, 3.8) is 0 Å².